The quantitative estimate of drug-likeness (QED) is 0.460. The van der Waals surface area contributed by atoms with E-state index in [4.69, 9.17) is 16.3 Å². The zero-order chi connectivity index (χ0) is 15.3. The first-order valence-corrected chi connectivity index (χ1v) is 6.52. The number of hydrogen-bond acceptors (Lipinski definition) is 4. The van der Waals surface area contributed by atoms with E-state index in [-0.39, 0.29) is 22.7 Å². The SMILES string of the molecule is COc1cc(C(=O)N(C)CCC(C)Cl)ccc1[N+](=O)[O-]. The van der Waals surface area contributed by atoms with Crippen molar-refractivity contribution in [2.75, 3.05) is 20.7 Å². The lowest BCUT2D eigenvalue weighted by molar-refractivity contribution is -0.385. The fourth-order valence-corrected chi connectivity index (χ4v) is 1.75. The summed E-state index contributed by atoms with van der Waals surface area (Å²) in [4.78, 5) is 23.9. The van der Waals surface area contributed by atoms with Crippen molar-refractivity contribution in [2.45, 2.75) is 18.7 Å². The molecule has 1 atom stereocenters. The lowest BCUT2D eigenvalue weighted by Crippen LogP contribution is -2.28. The summed E-state index contributed by atoms with van der Waals surface area (Å²) in [6, 6.07) is 4.06. The molecule has 0 radical (unpaired) electrons. The maximum atomic E-state index is 12.2. The molecule has 0 heterocycles. The van der Waals surface area contributed by atoms with Crippen LogP contribution in [0.2, 0.25) is 0 Å². The molecule has 0 saturated carbocycles. The molecule has 6 nitrogen and oxygen atoms in total. The smallest absolute Gasteiger partial charge is 0.310 e. The van der Waals surface area contributed by atoms with Gasteiger partial charge in [-0.3, -0.25) is 14.9 Å². The van der Waals surface area contributed by atoms with E-state index in [1.165, 1.54) is 30.2 Å². The third-order valence-corrected chi connectivity index (χ3v) is 3.05. The highest BCUT2D eigenvalue weighted by Gasteiger charge is 2.19. The highest BCUT2D eigenvalue weighted by molar-refractivity contribution is 6.20. The Hall–Kier alpha value is -1.82. The van der Waals surface area contributed by atoms with Gasteiger partial charge >= 0.3 is 5.69 Å². The molecule has 1 amide bonds. The first-order valence-electron chi connectivity index (χ1n) is 6.08. The minimum Gasteiger partial charge on any atom is -0.490 e. The second kappa shape index (κ2) is 7.09. The highest BCUT2D eigenvalue weighted by Crippen LogP contribution is 2.27. The molecule has 0 aromatic heterocycles. The van der Waals surface area contributed by atoms with Crippen LogP contribution < -0.4 is 4.74 Å². The van der Waals surface area contributed by atoms with E-state index in [0.717, 1.165) is 0 Å². The summed E-state index contributed by atoms with van der Waals surface area (Å²) in [7, 11) is 2.99. The van der Waals surface area contributed by atoms with Gasteiger partial charge in [-0.2, -0.15) is 0 Å². The van der Waals surface area contributed by atoms with Gasteiger partial charge < -0.3 is 9.64 Å². The summed E-state index contributed by atoms with van der Waals surface area (Å²) < 4.78 is 4.94. The van der Waals surface area contributed by atoms with Gasteiger partial charge in [0.15, 0.2) is 5.75 Å². The van der Waals surface area contributed by atoms with Crippen LogP contribution in [0.4, 0.5) is 5.69 Å². The minimum atomic E-state index is -0.550. The third-order valence-electron chi connectivity index (χ3n) is 2.83. The number of methoxy groups -OCH3 is 1. The molecule has 1 rings (SSSR count). The predicted molar refractivity (Wildman–Crippen MR) is 76.5 cm³/mol. The number of rotatable bonds is 6. The molecule has 1 unspecified atom stereocenters. The van der Waals surface area contributed by atoms with E-state index < -0.39 is 4.92 Å². The van der Waals surface area contributed by atoms with E-state index in [9.17, 15) is 14.9 Å². The van der Waals surface area contributed by atoms with Crippen LogP contribution in [-0.2, 0) is 0 Å². The van der Waals surface area contributed by atoms with Crippen molar-refractivity contribution in [3.8, 4) is 5.75 Å². The van der Waals surface area contributed by atoms with Crippen molar-refractivity contribution in [3.05, 3.63) is 33.9 Å². The molecule has 1 aromatic rings. The fraction of sp³-hybridized carbons (Fsp3) is 0.462. The third kappa shape index (κ3) is 4.09. The number of amides is 1. The largest absolute Gasteiger partial charge is 0.490 e. The molecule has 7 heteroatoms. The first-order chi connectivity index (χ1) is 9.36. The average Bonchev–Trinajstić information content (AvgIpc) is 2.42. The number of nitrogens with zero attached hydrogens (tertiary/aromatic N) is 2. The molecule has 0 N–H and O–H groups in total. The van der Waals surface area contributed by atoms with E-state index in [2.05, 4.69) is 0 Å². The number of nitro groups is 1. The van der Waals surface area contributed by atoms with E-state index >= 15 is 0 Å². The number of nitro benzene ring substituents is 1. The standard InChI is InChI=1S/C13H17ClN2O4/c1-9(14)6-7-15(2)13(17)10-4-5-11(16(18)19)12(8-10)20-3/h4-5,8-9H,6-7H2,1-3H3. The Morgan fingerprint density at radius 1 is 1.55 bits per heavy atom. The first kappa shape index (κ1) is 16.2. The van der Waals surface area contributed by atoms with Gasteiger partial charge in [-0.15, -0.1) is 11.6 Å². The van der Waals surface area contributed by atoms with E-state index in [0.29, 0.717) is 18.5 Å². The van der Waals surface area contributed by atoms with Crippen molar-refractivity contribution in [1.29, 1.82) is 0 Å². The Morgan fingerprint density at radius 3 is 2.70 bits per heavy atom. The molecule has 0 aliphatic rings. The van der Waals surface area contributed by atoms with Gasteiger partial charge in [-0.05, 0) is 19.4 Å². The van der Waals surface area contributed by atoms with Gasteiger partial charge in [-0.25, -0.2) is 0 Å². The van der Waals surface area contributed by atoms with Gasteiger partial charge in [0.05, 0.1) is 12.0 Å². The lowest BCUT2D eigenvalue weighted by Gasteiger charge is -2.18. The summed E-state index contributed by atoms with van der Waals surface area (Å²) in [5.41, 5.74) is 0.179. The van der Waals surface area contributed by atoms with Crippen LogP contribution in [-0.4, -0.2) is 41.8 Å². The number of halogens is 1. The Balaban J connectivity index is 2.91. The molecule has 20 heavy (non-hydrogen) atoms. The van der Waals surface area contributed by atoms with Crippen LogP contribution in [0.15, 0.2) is 18.2 Å². The van der Waals surface area contributed by atoms with Gasteiger partial charge in [0.1, 0.15) is 0 Å². The Kier molecular flexibility index (Phi) is 5.76. The molecule has 1 aromatic carbocycles. The van der Waals surface area contributed by atoms with Crippen LogP contribution in [0.1, 0.15) is 23.7 Å². The number of benzene rings is 1. The van der Waals surface area contributed by atoms with E-state index in [1.54, 1.807) is 7.05 Å². The Labute approximate surface area is 122 Å². The highest BCUT2D eigenvalue weighted by atomic mass is 35.5. The number of carbonyl (C=O) groups excluding carboxylic acids is 1. The Bertz CT molecular complexity index is 505. The van der Waals surface area contributed by atoms with Crippen molar-refractivity contribution in [3.63, 3.8) is 0 Å². The molecule has 110 valence electrons. The monoisotopic (exact) mass is 300 g/mol. The van der Waals surface area contributed by atoms with Crippen LogP contribution >= 0.6 is 11.6 Å². The molecule has 0 fully saturated rings. The molecule has 0 spiro atoms. The van der Waals surface area contributed by atoms with E-state index in [1.807, 2.05) is 6.92 Å². The predicted octanol–water partition coefficient (Wildman–Crippen LogP) is 2.69. The number of hydrogen-bond donors (Lipinski definition) is 0. The van der Waals surface area contributed by atoms with Gasteiger partial charge in [-0.1, -0.05) is 0 Å². The summed E-state index contributed by atoms with van der Waals surface area (Å²) in [5.74, 6) is -0.157. The number of alkyl halides is 1. The molecular formula is C13H17ClN2O4. The number of carbonyl (C=O) groups is 1. The zero-order valence-corrected chi connectivity index (χ0v) is 12.4. The maximum absolute atomic E-state index is 12.2. The Morgan fingerprint density at radius 2 is 2.20 bits per heavy atom. The summed E-state index contributed by atoms with van der Waals surface area (Å²) in [5, 5.41) is 10.8. The van der Waals surface area contributed by atoms with Crippen molar-refractivity contribution in [2.24, 2.45) is 0 Å². The lowest BCUT2D eigenvalue weighted by atomic mass is 10.1. The van der Waals surface area contributed by atoms with Crippen LogP contribution in [0.25, 0.3) is 0 Å². The summed E-state index contributed by atoms with van der Waals surface area (Å²) >= 11 is 5.84. The molecule has 0 aliphatic carbocycles. The van der Waals surface area contributed by atoms with Gasteiger partial charge in [0.25, 0.3) is 5.91 Å². The summed E-state index contributed by atoms with van der Waals surface area (Å²) in [6.45, 7) is 2.37. The second-order valence-corrected chi connectivity index (χ2v) is 5.18. The topological polar surface area (TPSA) is 72.7 Å². The maximum Gasteiger partial charge on any atom is 0.310 e. The van der Waals surface area contributed by atoms with Crippen molar-refractivity contribution >= 4 is 23.2 Å². The van der Waals surface area contributed by atoms with Crippen LogP contribution in [0, 0.1) is 10.1 Å². The van der Waals surface area contributed by atoms with Gasteiger partial charge in [0.2, 0.25) is 0 Å². The van der Waals surface area contributed by atoms with Gasteiger partial charge in [0, 0.05) is 36.7 Å². The zero-order valence-electron chi connectivity index (χ0n) is 11.6. The minimum absolute atomic E-state index is 0.0170. The summed E-state index contributed by atoms with van der Waals surface area (Å²) in [6.07, 6.45) is 0.675. The van der Waals surface area contributed by atoms with Crippen LogP contribution in [0.3, 0.4) is 0 Å². The second-order valence-electron chi connectivity index (χ2n) is 4.44. The molecule has 0 aliphatic heterocycles. The molecular weight excluding hydrogens is 284 g/mol. The molecule has 0 saturated heterocycles. The van der Waals surface area contributed by atoms with Crippen molar-refractivity contribution in [1.82, 2.24) is 4.90 Å². The normalized spacial score (nSPS) is 11.8. The average molecular weight is 301 g/mol. The van der Waals surface area contributed by atoms with Crippen molar-refractivity contribution < 1.29 is 14.5 Å². The fourth-order valence-electron chi connectivity index (χ4n) is 1.65. The number of ether oxygens (including phenoxy) is 1. The molecule has 0 bridgehead atoms. The van der Waals surface area contributed by atoms with Crippen LogP contribution in [0.5, 0.6) is 5.75 Å².